The number of ether oxygens (including phenoxy) is 1. The van der Waals surface area contributed by atoms with E-state index in [1.54, 1.807) is 12.1 Å². The first-order valence-electron chi connectivity index (χ1n) is 8.48. The predicted molar refractivity (Wildman–Crippen MR) is 105 cm³/mol. The molecule has 0 amide bonds. The van der Waals surface area contributed by atoms with Gasteiger partial charge in [-0.15, -0.1) is 11.3 Å². The number of halogens is 3. The van der Waals surface area contributed by atoms with Crippen molar-refractivity contribution in [2.45, 2.75) is 19.8 Å². The van der Waals surface area contributed by atoms with Crippen molar-refractivity contribution in [1.29, 1.82) is 0 Å². The fraction of sp³-hybridized carbons (Fsp3) is 0.200. The Kier molecular flexibility index (Phi) is 6.26. The van der Waals surface area contributed by atoms with E-state index in [-0.39, 0.29) is 17.2 Å². The Morgan fingerprint density at radius 3 is 2.54 bits per heavy atom. The summed E-state index contributed by atoms with van der Waals surface area (Å²) in [6, 6.07) is 8.62. The number of nitrogens with zero attached hydrogens (tertiary/aromatic N) is 1. The van der Waals surface area contributed by atoms with Crippen LogP contribution in [0, 0.1) is 11.6 Å². The molecule has 0 aliphatic carbocycles. The van der Waals surface area contributed by atoms with Crippen molar-refractivity contribution in [3.8, 4) is 27.6 Å². The zero-order valence-electron chi connectivity index (χ0n) is 14.8. The molecule has 28 heavy (non-hydrogen) atoms. The van der Waals surface area contributed by atoms with Crippen LogP contribution < -0.4 is 4.74 Å². The molecule has 0 radical (unpaired) electrons. The van der Waals surface area contributed by atoms with Crippen molar-refractivity contribution in [1.82, 2.24) is 4.98 Å². The Morgan fingerprint density at radius 2 is 1.89 bits per heavy atom. The number of thiazole rings is 1. The molecule has 1 N–H and O–H groups in total. The summed E-state index contributed by atoms with van der Waals surface area (Å²) in [6.45, 7) is 2.33. The molecule has 0 saturated carbocycles. The molecule has 3 rings (SSSR count). The van der Waals surface area contributed by atoms with Crippen molar-refractivity contribution in [2.24, 2.45) is 0 Å². The SMILES string of the molecule is CCCOc1ccc(-c2nc(-c3ccc(Cl)c(F)c3)c(CC(=O)O)s2)cc1F. The van der Waals surface area contributed by atoms with Gasteiger partial charge in [0, 0.05) is 16.0 Å². The van der Waals surface area contributed by atoms with Crippen molar-refractivity contribution in [3.05, 3.63) is 57.9 Å². The predicted octanol–water partition coefficient (Wildman–Crippen LogP) is 5.82. The summed E-state index contributed by atoms with van der Waals surface area (Å²) in [5.74, 6) is -2.05. The lowest BCUT2D eigenvalue weighted by atomic mass is 10.1. The number of carboxylic acids is 1. The fourth-order valence-corrected chi connectivity index (χ4v) is 3.75. The van der Waals surface area contributed by atoms with Crippen molar-refractivity contribution >= 4 is 28.9 Å². The van der Waals surface area contributed by atoms with Crippen LogP contribution in [0.2, 0.25) is 5.02 Å². The number of rotatable bonds is 7. The molecule has 0 aliphatic rings. The zero-order chi connectivity index (χ0) is 20.3. The molecule has 1 heterocycles. The number of aromatic nitrogens is 1. The second-order valence-corrected chi connectivity index (χ2v) is 7.47. The molecule has 0 unspecified atom stereocenters. The zero-order valence-corrected chi connectivity index (χ0v) is 16.4. The molecule has 4 nitrogen and oxygen atoms in total. The van der Waals surface area contributed by atoms with Crippen LogP contribution in [0.4, 0.5) is 8.78 Å². The molecule has 2 aromatic carbocycles. The van der Waals surface area contributed by atoms with Crippen molar-refractivity contribution in [3.63, 3.8) is 0 Å². The monoisotopic (exact) mass is 423 g/mol. The molecule has 0 atom stereocenters. The minimum atomic E-state index is -1.04. The summed E-state index contributed by atoms with van der Waals surface area (Å²) >= 11 is 6.84. The van der Waals surface area contributed by atoms with Gasteiger partial charge in [-0.3, -0.25) is 4.79 Å². The number of benzene rings is 2. The van der Waals surface area contributed by atoms with E-state index in [2.05, 4.69) is 4.98 Å². The second kappa shape index (κ2) is 8.67. The highest BCUT2D eigenvalue weighted by atomic mass is 35.5. The molecule has 8 heteroatoms. The summed E-state index contributed by atoms with van der Waals surface area (Å²) in [4.78, 5) is 16.1. The van der Waals surface area contributed by atoms with Crippen LogP contribution in [0.25, 0.3) is 21.8 Å². The van der Waals surface area contributed by atoms with E-state index < -0.39 is 17.6 Å². The van der Waals surface area contributed by atoms with E-state index in [4.69, 9.17) is 16.3 Å². The molecule has 0 bridgehead atoms. The van der Waals surface area contributed by atoms with Gasteiger partial charge >= 0.3 is 5.97 Å². The van der Waals surface area contributed by atoms with E-state index in [1.807, 2.05) is 6.92 Å². The highest BCUT2D eigenvalue weighted by molar-refractivity contribution is 7.15. The highest BCUT2D eigenvalue weighted by Crippen LogP contribution is 2.36. The summed E-state index contributed by atoms with van der Waals surface area (Å²) in [5.41, 5.74) is 1.23. The van der Waals surface area contributed by atoms with Crippen LogP contribution in [0.5, 0.6) is 5.75 Å². The molecular formula is C20H16ClF2NO3S. The average Bonchev–Trinajstić information content (AvgIpc) is 3.06. The molecule has 0 spiro atoms. The van der Waals surface area contributed by atoms with Crippen LogP contribution in [-0.2, 0) is 11.2 Å². The standard InChI is InChI=1S/C20H16ClF2NO3S/c1-2-7-27-16-6-4-12(9-15(16)23)20-24-19(17(28-20)10-18(25)26)11-3-5-13(21)14(22)8-11/h3-6,8-9H,2,7,10H2,1H3,(H,25,26). The first-order valence-corrected chi connectivity index (χ1v) is 9.68. The maximum Gasteiger partial charge on any atom is 0.308 e. The number of hydrogen-bond acceptors (Lipinski definition) is 4. The summed E-state index contributed by atoms with van der Waals surface area (Å²) < 4.78 is 33.5. The number of carboxylic acid groups (broad SMARTS) is 1. The van der Waals surface area contributed by atoms with Crippen LogP contribution >= 0.6 is 22.9 Å². The molecule has 3 aromatic rings. The minimum Gasteiger partial charge on any atom is -0.491 e. The van der Waals surface area contributed by atoms with Gasteiger partial charge in [0.2, 0.25) is 0 Å². The van der Waals surface area contributed by atoms with Crippen LogP contribution in [0.1, 0.15) is 18.2 Å². The maximum absolute atomic E-state index is 14.3. The Morgan fingerprint density at radius 1 is 1.18 bits per heavy atom. The van der Waals surface area contributed by atoms with Crippen LogP contribution in [0.15, 0.2) is 36.4 Å². The summed E-state index contributed by atoms with van der Waals surface area (Å²) in [6.07, 6.45) is 0.477. The third kappa shape index (κ3) is 4.48. The first kappa shape index (κ1) is 20.2. The lowest BCUT2D eigenvalue weighted by Gasteiger charge is -2.06. The minimum absolute atomic E-state index is 0.0382. The largest absolute Gasteiger partial charge is 0.491 e. The molecule has 1 aromatic heterocycles. The molecule has 0 fully saturated rings. The number of aliphatic carboxylic acids is 1. The third-order valence-corrected chi connectivity index (χ3v) is 5.25. The lowest BCUT2D eigenvalue weighted by molar-refractivity contribution is -0.136. The van der Waals surface area contributed by atoms with Gasteiger partial charge in [-0.2, -0.15) is 0 Å². The molecule has 146 valence electrons. The molecule has 0 saturated heterocycles. The van der Waals surface area contributed by atoms with E-state index in [1.165, 1.54) is 24.3 Å². The molecule has 0 aliphatic heterocycles. The maximum atomic E-state index is 14.3. The van der Waals surface area contributed by atoms with E-state index in [9.17, 15) is 18.7 Å². The normalized spacial score (nSPS) is 10.9. The van der Waals surface area contributed by atoms with Crippen molar-refractivity contribution < 1.29 is 23.4 Å². The van der Waals surface area contributed by atoms with Gasteiger partial charge in [-0.05, 0) is 36.8 Å². The average molecular weight is 424 g/mol. The number of hydrogen-bond donors (Lipinski definition) is 1. The Balaban J connectivity index is 2.03. The van der Waals surface area contributed by atoms with Gasteiger partial charge in [0.1, 0.15) is 10.8 Å². The topological polar surface area (TPSA) is 59.4 Å². The summed E-state index contributed by atoms with van der Waals surface area (Å²) in [5, 5.41) is 9.58. The quantitative estimate of drug-likeness (QED) is 0.519. The smallest absolute Gasteiger partial charge is 0.308 e. The lowest BCUT2D eigenvalue weighted by Crippen LogP contribution is -1.99. The summed E-state index contributed by atoms with van der Waals surface area (Å²) in [7, 11) is 0. The Hall–Kier alpha value is -2.51. The van der Waals surface area contributed by atoms with Gasteiger partial charge in [0.25, 0.3) is 0 Å². The van der Waals surface area contributed by atoms with Gasteiger partial charge in [-0.1, -0.05) is 24.6 Å². The van der Waals surface area contributed by atoms with Gasteiger partial charge in [0.15, 0.2) is 11.6 Å². The first-order chi connectivity index (χ1) is 13.4. The number of carbonyl (C=O) groups is 1. The Bertz CT molecular complexity index is 1020. The Labute approximate surface area is 169 Å². The van der Waals surface area contributed by atoms with Crippen LogP contribution in [0.3, 0.4) is 0 Å². The van der Waals surface area contributed by atoms with Crippen LogP contribution in [-0.4, -0.2) is 22.7 Å². The molecular weight excluding hydrogens is 408 g/mol. The third-order valence-electron chi connectivity index (χ3n) is 3.84. The van der Waals surface area contributed by atoms with Gasteiger partial charge in [0.05, 0.1) is 23.7 Å². The second-order valence-electron chi connectivity index (χ2n) is 5.98. The van der Waals surface area contributed by atoms with Gasteiger partial charge < -0.3 is 9.84 Å². The highest BCUT2D eigenvalue weighted by Gasteiger charge is 2.19. The van der Waals surface area contributed by atoms with E-state index >= 15 is 0 Å². The van der Waals surface area contributed by atoms with E-state index in [0.29, 0.717) is 33.3 Å². The van der Waals surface area contributed by atoms with Crippen molar-refractivity contribution in [2.75, 3.05) is 6.61 Å². The van der Waals surface area contributed by atoms with Gasteiger partial charge in [-0.25, -0.2) is 13.8 Å². The fourth-order valence-electron chi connectivity index (χ4n) is 2.56. The van der Waals surface area contributed by atoms with E-state index in [0.717, 1.165) is 17.8 Å².